The summed E-state index contributed by atoms with van der Waals surface area (Å²) in [5, 5.41) is 2.74. The van der Waals surface area contributed by atoms with Gasteiger partial charge in [0.2, 0.25) is 5.91 Å². The molecule has 0 bridgehead atoms. The van der Waals surface area contributed by atoms with Gasteiger partial charge in [0.1, 0.15) is 11.5 Å². The number of nitrogens with zero attached hydrogens (tertiary/aromatic N) is 1. The molecule has 2 amide bonds. The van der Waals surface area contributed by atoms with E-state index in [0.29, 0.717) is 17.2 Å². The van der Waals surface area contributed by atoms with Gasteiger partial charge in [0.25, 0.3) is 5.91 Å². The van der Waals surface area contributed by atoms with Crippen molar-refractivity contribution in [3.8, 4) is 11.5 Å². The molecule has 2 aromatic rings. The van der Waals surface area contributed by atoms with E-state index in [4.69, 9.17) is 9.47 Å². The molecule has 2 aromatic carbocycles. The van der Waals surface area contributed by atoms with Crippen molar-refractivity contribution >= 4 is 17.5 Å². The molecule has 0 atom stereocenters. The fourth-order valence-electron chi connectivity index (χ4n) is 2.24. The highest BCUT2D eigenvalue weighted by Gasteiger charge is 2.14. The van der Waals surface area contributed by atoms with Gasteiger partial charge in [0.05, 0.1) is 13.7 Å². The maximum absolute atomic E-state index is 12.1. The number of carbonyl (C=O) groups excluding carboxylic acids is 2. The first-order valence-electron chi connectivity index (χ1n) is 8.27. The third kappa shape index (κ3) is 5.51. The molecule has 0 radical (unpaired) electrons. The highest BCUT2D eigenvalue weighted by atomic mass is 16.5. The Morgan fingerprint density at radius 1 is 1.00 bits per heavy atom. The molecular weight excluding hydrogens is 332 g/mol. The Morgan fingerprint density at radius 3 is 2.27 bits per heavy atom. The van der Waals surface area contributed by atoms with E-state index in [1.807, 2.05) is 32.0 Å². The first kappa shape index (κ1) is 19.3. The molecule has 0 unspecified atom stereocenters. The van der Waals surface area contributed by atoms with Gasteiger partial charge in [0.15, 0.2) is 6.61 Å². The average Bonchev–Trinajstić information content (AvgIpc) is 2.62. The largest absolute Gasteiger partial charge is 0.497 e. The first-order valence-corrected chi connectivity index (χ1v) is 8.27. The van der Waals surface area contributed by atoms with E-state index in [1.165, 1.54) is 4.90 Å². The molecule has 0 fully saturated rings. The average molecular weight is 356 g/mol. The fourth-order valence-corrected chi connectivity index (χ4v) is 2.24. The van der Waals surface area contributed by atoms with Crippen molar-refractivity contribution in [2.45, 2.75) is 13.8 Å². The van der Waals surface area contributed by atoms with Crippen molar-refractivity contribution in [1.82, 2.24) is 4.90 Å². The fraction of sp³-hybridized carbons (Fsp3) is 0.300. The molecule has 6 nitrogen and oxygen atoms in total. The first-order chi connectivity index (χ1) is 12.4. The number of nitrogens with one attached hydrogen (secondary N) is 1. The summed E-state index contributed by atoms with van der Waals surface area (Å²) in [5.41, 5.74) is 2.90. The van der Waals surface area contributed by atoms with Crippen LogP contribution in [-0.4, -0.2) is 44.0 Å². The Morgan fingerprint density at radius 2 is 1.65 bits per heavy atom. The zero-order valence-corrected chi connectivity index (χ0v) is 15.5. The maximum Gasteiger partial charge on any atom is 0.260 e. The number of hydrogen-bond donors (Lipinski definition) is 1. The standard InChI is InChI=1S/C20H24N2O4/c1-14-5-8-18(11-15(14)2)26-13-20(24)22(3)12-19(23)21-16-6-9-17(25-4)10-7-16/h5-11H,12-13H2,1-4H3,(H,21,23). The number of amides is 2. The van der Waals surface area contributed by atoms with E-state index in [0.717, 1.165) is 11.1 Å². The van der Waals surface area contributed by atoms with Crippen LogP contribution in [0.1, 0.15) is 11.1 Å². The van der Waals surface area contributed by atoms with Crippen molar-refractivity contribution in [3.05, 3.63) is 53.6 Å². The van der Waals surface area contributed by atoms with Crippen LogP contribution < -0.4 is 14.8 Å². The van der Waals surface area contributed by atoms with Gasteiger partial charge in [-0.1, -0.05) is 6.07 Å². The molecule has 0 spiro atoms. The summed E-state index contributed by atoms with van der Waals surface area (Å²) in [4.78, 5) is 25.5. The monoisotopic (exact) mass is 356 g/mol. The summed E-state index contributed by atoms with van der Waals surface area (Å²) in [6.07, 6.45) is 0. The van der Waals surface area contributed by atoms with E-state index in [-0.39, 0.29) is 25.0 Å². The Labute approximate surface area is 153 Å². The number of rotatable bonds is 7. The number of anilines is 1. The summed E-state index contributed by atoms with van der Waals surface area (Å²) in [6.45, 7) is 3.83. The SMILES string of the molecule is COc1ccc(NC(=O)CN(C)C(=O)COc2ccc(C)c(C)c2)cc1. The highest BCUT2D eigenvalue weighted by Crippen LogP contribution is 2.17. The minimum Gasteiger partial charge on any atom is -0.497 e. The maximum atomic E-state index is 12.1. The van der Waals surface area contributed by atoms with Gasteiger partial charge in [-0.05, 0) is 61.4 Å². The van der Waals surface area contributed by atoms with Gasteiger partial charge in [-0.2, -0.15) is 0 Å². The lowest BCUT2D eigenvalue weighted by atomic mass is 10.1. The van der Waals surface area contributed by atoms with Crippen LogP contribution in [0.2, 0.25) is 0 Å². The quantitative estimate of drug-likeness (QED) is 0.828. The van der Waals surface area contributed by atoms with Crippen LogP contribution in [0, 0.1) is 13.8 Å². The summed E-state index contributed by atoms with van der Waals surface area (Å²) < 4.78 is 10.6. The van der Waals surface area contributed by atoms with E-state index >= 15 is 0 Å². The number of carbonyl (C=O) groups is 2. The lowest BCUT2D eigenvalue weighted by Crippen LogP contribution is -2.37. The van der Waals surface area contributed by atoms with Crippen LogP contribution in [0.4, 0.5) is 5.69 Å². The molecule has 0 aliphatic rings. The van der Waals surface area contributed by atoms with Crippen molar-refractivity contribution in [2.24, 2.45) is 0 Å². The number of methoxy groups -OCH3 is 1. The summed E-state index contributed by atoms with van der Waals surface area (Å²) in [6, 6.07) is 12.6. The Bertz CT molecular complexity index is 772. The Kier molecular flexibility index (Phi) is 6.60. The minimum absolute atomic E-state index is 0.0544. The van der Waals surface area contributed by atoms with Gasteiger partial charge in [-0.3, -0.25) is 9.59 Å². The Balaban J connectivity index is 1.81. The molecule has 0 heterocycles. The second-order valence-corrected chi connectivity index (χ2v) is 6.06. The summed E-state index contributed by atoms with van der Waals surface area (Å²) in [5.74, 6) is 0.793. The molecule has 0 saturated heterocycles. The predicted octanol–water partition coefficient (Wildman–Crippen LogP) is 2.79. The highest BCUT2D eigenvalue weighted by molar-refractivity contribution is 5.94. The van der Waals surface area contributed by atoms with Crippen LogP contribution in [0.5, 0.6) is 11.5 Å². The zero-order valence-electron chi connectivity index (χ0n) is 15.5. The van der Waals surface area contributed by atoms with Gasteiger partial charge in [-0.25, -0.2) is 0 Å². The number of ether oxygens (including phenoxy) is 2. The van der Waals surface area contributed by atoms with Crippen LogP contribution in [0.3, 0.4) is 0 Å². The lowest BCUT2D eigenvalue weighted by Gasteiger charge is -2.17. The van der Waals surface area contributed by atoms with Crippen molar-refractivity contribution in [1.29, 1.82) is 0 Å². The van der Waals surface area contributed by atoms with E-state index in [1.54, 1.807) is 38.4 Å². The van der Waals surface area contributed by atoms with Crippen molar-refractivity contribution in [2.75, 3.05) is 32.6 Å². The molecule has 6 heteroatoms. The third-order valence-electron chi connectivity index (χ3n) is 4.02. The lowest BCUT2D eigenvalue weighted by molar-refractivity contribution is -0.135. The van der Waals surface area contributed by atoms with Gasteiger partial charge >= 0.3 is 0 Å². The molecule has 26 heavy (non-hydrogen) atoms. The van der Waals surface area contributed by atoms with E-state index in [2.05, 4.69) is 5.32 Å². The van der Waals surface area contributed by atoms with Crippen LogP contribution in [-0.2, 0) is 9.59 Å². The number of aryl methyl sites for hydroxylation is 2. The predicted molar refractivity (Wildman–Crippen MR) is 101 cm³/mol. The van der Waals surface area contributed by atoms with Crippen LogP contribution in [0.25, 0.3) is 0 Å². The minimum atomic E-state index is -0.280. The summed E-state index contributed by atoms with van der Waals surface area (Å²) >= 11 is 0. The van der Waals surface area contributed by atoms with Crippen molar-refractivity contribution < 1.29 is 19.1 Å². The normalized spacial score (nSPS) is 10.2. The zero-order chi connectivity index (χ0) is 19.1. The third-order valence-corrected chi connectivity index (χ3v) is 4.02. The second kappa shape index (κ2) is 8.89. The molecule has 2 rings (SSSR count). The molecule has 0 aliphatic carbocycles. The molecule has 0 aliphatic heterocycles. The number of likely N-dealkylation sites (N-methyl/N-ethyl adjacent to an activating group) is 1. The van der Waals surface area contributed by atoms with E-state index < -0.39 is 0 Å². The van der Waals surface area contributed by atoms with Gasteiger partial charge in [0, 0.05) is 12.7 Å². The molecule has 138 valence electrons. The molecule has 1 N–H and O–H groups in total. The van der Waals surface area contributed by atoms with E-state index in [9.17, 15) is 9.59 Å². The second-order valence-electron chi connectivity index (χ2n) is 6.06. The number of benzene rings is 2. The summed E-state index contributed by atoms with van der Waals surface area (Å²) in [7, 11) is 3.15. The Hall–Kier alpha value is -3.02. The topological polar surface area (TPSA) is 67.9 Å². The molecule has 0 aromatic heterocycles. The van der Waals surface area contributed by atoms with Crippen LogP contribution >= 0.6 is 0 Å². The van der Waals surface area contributed by atoms with Crippen molar-refractivity contribution in [3.63, 3.8) is 0 Å². The van der Waals surface area contributed by atoms with Crippen LogP contribution in [0.15, 0.2) is 42.5 Å². The smallest absolute Gasteiger partial charge is 0.260 e. The molecule has 0 saturated carbocycles. The van der Waals surface area contributed by atoms with Gasteiger partial charge in [-0.15, -0.1) is 0 Å². The number of hydrogen-bond acceptors (Lipinski definition) is 4. The molecular formula is C20H24N2O4. The van der Waals surface area contributed by atoms with Gasteiger partial charge < -0.3 is 19.7 Å².